The summed E-state index contributed by atoms with van der Waals surface area (Å²) in [5.74, 6) is 0.662. The van der Waals surface area contributed by atoms with Crippen LogP contribution in [0, 0.1) is 3.57 Å². The molecule has 1 rings (SSSR count). The molecule has 1 aromatic rings. The van der Waals surface area contributed by atoms with Crippen LogP contribution in [0.4, 0.5) is 5.95 Å². The maximum absolute atomic E-state index is 5.40. The number of unbranched alkanes of at least 4 members (excludes halogenated alkanes) is 1. The van der Waals surface area contributed by atoms with Crippen LogP contribution < -0.4 is 5.32 Å². The molecule has 0 aliphatic rings. The summed E-state index contributed by atoms with van der Waals surface area (Å²) in [4.78, 5) is 8.25. The van der Waals surface area contributed by atoms with Gasteiger partial charge in [0.1, 0.15) is 0 Å². The van der Waals surface area contributed by atoms with Crippen molar-refractivity contribution >= 4 is 28.5 Å². The molecule has 84 valence electrons. The van der Waals surface area contributed by atoms with Crippen molar-refractivity contribution in [1.82, 2.24) is 9.97 Å². The third-order valence-corrected chi connectivity index (χ3v) is 2.35. The van der Waals surface area contributed by atoms with Crippen molar-refractivity contribution in [2.24, 2.45) is 0 Å². The molecule has 15 heavy (non-hydrogen) atoms. The molecule has 4 nitrogen and oxygen atoms in total. The van der Waals surface area contributed by atoms with Gasteiger partial charge in [-0.25, -0.2) is 9.97 Å². The van der Waals surface area contributed by atoms with Crippen LogP contribution in [0.15, 0.2) is 12.4 Å². The van der Waals surface area contributed by atoms with Crippen LogP contribution in [-0.4, -0.2) is 29.7 Å². The second kappa shape index (κ2) is 7.81. The number of nitrogens with one attached hydrogen (secondary N) is 1. The quantitative estimate of drug-likeness (QED) is 0.618. The fourth-order valence-corrected chi connectivity index (χ4v) is 1.27. The Hall–Kier alpha value is -0.430. The first-order chi connectivity index (χ1) is 7.33. The Bertz CT molecular complexity index is 266. The van der Waals surface area contributed by atoms with Gasteiger partial charge >= 0.3 is 0 Å². The van der Waals surface area contributed by atoms with Crippen molar-refractivity contribution in [3.63, 3.8) is 0 Å². The number of nitrogens with zero attached hydrogens (tertiary/aromatic N) is 2. The minimum Gasteiger partial charge on any atom is -0.380 e. The lowest BCUT2D eigenvalue weighted by atomic mass is 10.4. The largest absolute Gasteiger partial charge is 0.380 e. The number of aromatic nitrogens is 2. The highest BCUT2D eigenvalue weighted by atomic mass is 127. The van der Waals surface area contributed by atoms with Crippen LogP contribution in [0.5, 0.6) is 0 Å². The SMILES string of the molecule is CCCCOCCNc1ncc(I)cn1. The first-order valence-electron chi connectivity index (χ1n) is 5.12. The molecule has 1 aromatic heterocycles. The van der Waals surface area contributed by atoms with E-state index in [1.165, 1.54) is 6.42 Å². The van der Waals surface area contributed by atoms with E-state index in [4.69, 9.17) is 4.74 Å². The molecule has 1 heterocycles. The predicted molar refractivity (Wildman–Crippen MR) is 69.0 cm³/mol. The van der Waals surface area contributed by atoms with Crippen molar-refractivity contribution in [3.8, 4) is 0 Å². The normalized spacial score (nSPS) is 10.3. The molecule has 0 saturated heterocycles. The number of halogens is 1. The van der Waals surface area contributed by atoms with E-state index in [0.717, 1.165) is 23.1 Å². The second-order valence-electron chi connectivity index (χ2n) is 3.12. The van der Waals surface area contributed by atoms with Crippen LogP contribution in [0.25, 0.3) is 0 Å². The van der Waals surface area contributed by atoms with Crippen molar-refractivity contribution < 1.29 is 4.74 Å². The molecule has 0 aliphatic heterocycles. The number of rotatable bonds is 7. The van der Waals surface area contributed by atoms with Gasteiger partial charge in [0, 0.05) is 29.1 Å². The van der Waals surface area contributed by atoms with E-state index in [1.54, 1.807) is 12.4 Å². The van der Waals surface area contributed by atoms with Gasteiger partial charge in [0.15, 0.2) is 0 Å². The zero-order chi connectivity index (χ0) is 10.9. The summed E-state index contributed by atoms with van der Waals surface area (Å²) in [5.41, 5.74) is 0. The standard InChI is InChI=1S/C10H16IN3O/c1-2-3-5-15-6-4-12-10-13-7-9(11)8-14-10/h7-8H,2-6H2,1H3,(H,12,13,14). The minimum absolute atomic E-state index is 0.662. The second-order valence-corrected chi connectivity index (χ2v) is 4.36. The lowest BCUT2D eigenvalue weighted by Crippen LogP contribution is -2.11. The van der Waals surface area contributed by atoms with Crippen molar-refractivity contribution in [1.29, 1.82) is 0 Å². The number of ether oxygens (including phenoxy) is 1. The highest BCUT2D eigenvalue weighted by Gasteiger charge is 1.94. The van der Waals surface area contributed by atoms with Gasteiger partial charge in [-0.05, 0) is 29.0 Å². The monoisotopic (exact) mass is 321 g/mol. The maximum atomic E-state index is 5.40. The Morgan fingerprint density at radius 3 is 2.73 bits per heavy atom. The van der Waals surface area contributed by atoms with Gasteiger partial charge in [-0.3, -0.25) is 0 Å². The summed E-state index contributed by atoms with van der Waals surface area (Å²) in [6.07, 6.45) is 5.87. The molecule has 0 aromatic carbocycles. The molecular weight excluding hydrogens is 305 g/mol. The molecule has 0 aliphatic carbocycles. The Morgan fingerprint density at radius 2 is 2.07 bits per heavy atom. The predicted octanol–water partition coefficient (Wildman–Crippen LogP) is 2.31. The Balaban J connectivity index is 2.07. The van der Waals surface area contributed by atoms with E-state index in [2.05, 4.69) is 44.8 Å². The number of hydrogen-bond acceptors (Lipinski definition) is 4. The van der Waals surface area contributed by atoms with Crippen molar-refractivity contribution in [2.75, 3.05) is 25.1 Å². The third-order valence-electron chi connectivity index (χ3n) is 1.79. The highest BCUT2D eigenvalue weighted by molar-refractivity contribution is 14.1. The van der Waals surface area contributed by atoms with Crippen LogP contribution in [0.3, 0.4) is 0 Å². The zero-order valence-electron chi connectivity index (χ0n) is 8.87. The van der Waals surface area contributed by atoms with Crippen LogP contribution in [-0.2, 0) is 4.74 Å². The molecule has 1 N–H and O–H groups in total. The van der Waals surface area contributed by atoms with Gasteiger partial charge in [0.05, 0.1) is 6.61 Å². The molecule has 0 bridgehead atoms. The fraction of sp³-hybridized carbons (Fsp3) is 0.600. The summed E-state index contributed by atoms with van der Waals surface area (Å²) in [6, 6.07) is 0. The van der Waals surface area contributed by atoms with Gasteiger partial charge in [-0.1, -0.05) is 13.3 Å². The molecule has 0 unspecified atom stereocenters. The Kier molecular flexibility index (Phi) is 6.58. The Labute approximate surface area is 104 Å². The summed E-state index contributed by atoms with van der Waals surface area (Å²) < 4.78 is 6.44. The first-order valence-corrected chi connectivity index (χ1v) is 6.20. The molecule has 0 amide bonds. The van der Waals surface area contributed by atoms with Crippen molar-refractivity contribution in [3.05, 3.63) is 16.0 Å². The average Bonchev–Trinajstić information content (AvgIpc) is 2.26. The van der Waals surface area contributed by atoms with Gasteiger partial charge in [-0.2, -0.15) is 0 Å². The lowest BCUT2D eigenvalue weighted by Gasteiger charge is -2.05. The minimum atomic E-state index is 0.662. The molecule has 0 spiro atoms. The summed E-state index contributed by atoms with van der Waals surface area (Å²) >= 11 is 2.18. The van der Waals surface area contributed by atoms with Crippen molar-refractivity contribution in [2.45, 2.75) is 19.8 Å². The molecule has 0 atom stereocenters. The molecule has 0 saturated carbocycles. The highest BCUT2D eigenvalue weighted by Crippen LogP contribution is 2.02. The maximum Gasteiger partial charge on any atom is 0.222 e. The lowest BCUT2D eigenvalue weighted by molar-refractivity contribution is 0.141. The first kappa shape index (κ1) is 12.6. The fourth-order valence-electron chi connectivity index (χ4n) is 0.987. The van der Waals surface area contributed by atoms with E-state index in [-0.39, 0.29) is 0 Å². The average molecular weight is 321 g/mol. The topological polar surface area (TPSA) is 47.0 Å². The summed E-state index contributed by atoms with van der Waals surface area (Å²) in [5, 5.41) is 3.10. The van der Waals surface area contributed by atoms with Crippen LogP contribution in [0.1, 0.15) is 19.8 Å². The summed E-state index contributed by atoms with van der Waals surface area (Å²) in [6.45, 7) is 4.45. The molecule has 0 radical (unpaired) electrons. The smallest absolute Gasteiger partial charge is 0.222 e. The third kappa shape index (κ3) is 5.88. The Morgan fingerprint density at radius 1 is 1.33 bits per heavy atom. The summed E-state index contributed by atoms with van der Waals surface area (Å²) in [7, 11) is 0. The van der Waals surface area contributed by atoms with Gasteiger partial charge in [0.2, 0.25) is 5.95 Å². The van der Waals surface area contributed by atoms with Gasteiger partial charge < -0.3 is 10.1 Å². The van der Waals surface area contributed by atoms with E-state index >= 15 is 0 Å². The molecule has 0 fully saturated rings. The number of anilines is 1. The van der Waals surface area contributed by atoms with Crippen LogP contribution in [0.2, 0.25) is 0 Å². The van der Waals surface area contributed by atoms with Crippen LogP contribution >= 0.6 is 22.6 Å². The van der Waals surface area contributed by atoms with E-state index < -0.39 is 0 Å². The van der Waals surface area contributed by atoms with E-state index in [9.17, 15) is 0 Å². The zero-order valence-corrected chi connectivity index (χ0v) is 11.0. The van der Waals surface area contributed by atoms with E-state index in [0.29, 0.717) is 12.6 Å². The van der Waals surface area contributed by atoms with Gasteiger partial charge in [-0.15, -0.1) is 0 Å². The molecular formula is C10H16IN3O. The number of hydrogen-bond donors (Lipinski definition) is 1. The molecule has 5 heteroatoms. The van der Waals surface area contributed by atoms with Gasteiger partial charge in [0.25, 0.3) is 0 Å². The van der Waals surface area contributed by atoms with E-state index in [1.807, 2.05) is 0 Å².